The van der Waals surface area contributed by atoms with Crippen LogP contribution < -0.4 is 5.32 Å². The van der Waals surface area contributed by atoms with Crippen molar-refractivity contribution in [1.82, 2.24) is 5.32 Å². The Morgan fingerprint density at radius 3 is 2.86 bits per heavy atom. The first kappa shape index (κ1) is 9.21. The van der Waals surface area contributed by atoms with E-state index in [4.69, 9.17) is 0 Å². The monoisotopic (exact) mass is 191 g/mol. The SMILES string of the molecule is O=C1CCNC1Cc1ccccc1O. The van der Waals surface area contributed by atoms with Crippen molar-refractivity contribution < 1.29 is 9.90 Å². The molecule has 0 bridgehead atoms. The first-order chi connectivity index (χ1) is 6.77. The van der Waals surface area contributed by atoms with Crippen LogP contribution in [0.25, 0.3) is 0 Å². The molecule has 1 aromatic rings. The summed E-state index contributed by atoms with van der Waals surface area (Å²) in [5, 5.41) is 12.6. The van der Waals surface area contributed by atoms with Gasteiger partial charge in [-0.3, -0.25) is 4.79 Å². The number of ketones is 1. The molecule has 1 saturated heterocycles. The van der Waals surface area contributed by atoms with Gasteiger partial charge in [0.05, 0.1) is 6.04 Å². The summed E-state index contributed by atoms with van der Waals surface area (Å²) in [4.78, 5) is 11.3. The van der Waals surface area contributed by atoms with E-state index < -0.39 is 0 Å². The van der Waals surface area contributed by atoms with E-state index in [2.05, 4.69) is 5.32 Å². The smallest absolute Gasteiger partial charge is 0.151 e. The average Bonchev–Trinajstić information content (AvgIpc) is 2.56. The number of nitrogens with one attached hydrogen (secondary N) is 1. The second-order valence-corrected chi connectivity index (χ2v) is 3.56. The molecule has 2 rings (SSSR count). The fourth-order valence-electron chi connectivity index (χ4n) is 1.75. The number of Topliss-reactive ketones (excluding diaryl/α,β-unsaturated/α-hetero) is 1. The molecule has 1 aliphatic rings. The Labute approximate surface area is 82.8 Å². The lowest BCUT2D eigenvalue weighted by atomic mass is 10.0. The van der Waals surface area contributed by atoms with Crippen LogP contribution in [-0.2, 0) is 11.2 Å². The molecule has 0 saturated carbocycles. The van der Waals surface area contributed by atoms with Crippen molar-refractivity contribution in [3.05, 3.63) is 29.8 Å². The highest BCUT2D eigenvalue weighted by Crippen LogP contribution is 2.18. The lowest BCUT2D eigenvalue weighted by molar-refractivity contribution is -0.118. The van der Waals surface area contributed by atoms with Gasteiger partial charge in [0.25, 0.3) is 0 Å². The maximum Gasteiger partial charge on any atom is 0.151 e. The average molecular weight is 191 g/mol. The number of carbonyl (C=O) groups excluding carboxylic acids is 1. The van der Waals surface area contributed by atoms with Crippen LogP contribution in [0.15, 0.2) is 24.3 Å². The minimum absolute atomic E-state index is 0.108. The number of para-hydroxylation sites is 1. The summed E-state index contributed by atoms with van der Waals surface area (Å²) in [7, 11) is 0. The second-order valence-electron chi connectivity index (χ2n) is 3.56. The molecule has 0 aromatic heterocycles. The maximum absolute atomic E-state index is 11.3. The summed E-state index contributed by atoms with van der Waals surface area (Å²) < 4.78 is 0. The predicted octanol–water partition coefficient (Wildman–Crippen LogP) is 0.866. The Bertz CT molecular complexity index is 349. The molecule has 1 heterocycles. The van der Waals surface area contributed by atoms with Gasteiger partial charge < -0.3 is 10.4 Å². The summed E-state index contributed by atoms with van der Waals surface area (Å²) in [6.07, 6.45) is 1.20. The van der Waals surface area contributed by atoms with E-state index in [1.54, 1.807) is 12.1 Å². The maximum atomic E-state index is 11.3. The number of carbonyl (C=O) groups is 1. The van der Waals surface area contributed by atoms with Gasteiger partial charge in [-0.15, -0.1) is 0 Å². The fourth-order valence-corrected chi connectivity index (χ4v) is 1.75. The topological polar surface area (TPSA) is 49.3 Å². The van der Waals surface area contributed by atoms with Crippen LogP contribution >= 0.6 is 0 Å². The van der Waals surface area contributed by atoms with Gasteiger partial charge in [-0.1, -0.05) is 18.2 Å². The summed E-state index contributed by atoms with van der Waals surface area (Å²) in [6.45, 7) is 0.761. The van der Waals surface area contributed by atoms with Crippen molar-refractivity contribution in [1.29, 1.82) is 0 Å². The molecule has 1 fully saturated rings. The van der Waals surface area contributed by atoms with Crippen LogP contribution in [0.5, 0.6) is 5.75 Å². The van der Waals surface area contributed by atoms with E-state index in [1.165, 1.54) is 0 Å². The van der Waals surface area contributed by atoms with E-state index in [-0.39, 0.29) is 17.6 Å². The summed E-state index contributed by atoms with van der Waals surface area (Å²) in [5.74, 6) is 0.516. The number of hydrogen-bond donors (Lipinski definition) is 2. The Morgan fingerprint density at radius 1 is 1.43 bits per heavy atom. The van der Waals surface area contributed by atoms with Gasteiger partial charge in [-0.2, -0.15) is 0 Å². The highest BCUT2D eigenvalue weighted by molar-refractivity contribution is 5.86. The third-order valence-corrected chi connectivity index (χ3v) is 2.57. The molecule has 74 valence electrons. The highest BCUT2D eigenvalue weighted by Gasteiger charge is 2.24. The number of phenols is 1. The standard InChI is InChI=1S/C11H13NO2/c13-10-4-2-1-3-8(10)7-9-11(14)5-6-12-9/h1-4,9,12-13H,5-7H2. The first-order valence-corrected chi connectivity index (χ1v) is 4.80. The molecule has 0 radical (unpaired) electrons. The van der Waals surface area contributed by atoms with Crippen LogP contribution in [0.2, 0.25) is 0 Å². The van der Waals surface area contributed by atoms with Crippen LogP contribution in [0.4, 0.5) is 0 Å². The minimum Gasteiger partial charge on any atom is -0.508 e. The van der Waals surface area contributed by atoms with Gasteiger partial charge in [0, 0.05) is 13.0 Å². The van der Waals surface area contributed by atoms with E-state index in [1.807, 2.05) is 12.1 Å². The van der Waals surface area contributed by atoms with Gasteiger partial charge in [-0.05, 0) is 18.1 Å². The van der Waals surface area contributed by atoms with E-state index in [0.717, 1.165) is 12.1 Å². The molecular formula is C11H13NO2. The Hall–Kier alpha value is -1.35. The molecule has 0 aliphatic carbocycles. The number of rotatable bonds is 2. The lowest BCUT2D eigenvalue weighted by Crippen LogP contribution is -2.29. The number of phenolic OH excluding ortho intramolecular Hbond substituents is 1. The summed E-state index contributed by atoms with van der Waals surface area (Å²) >= 11 is 0. The molecule has 1 atom stereocenters. The minimum atomic E-state index is -0.108. The molecule has 0 spiro atoms. The van der Waals surface area contributed by atoms with Crippen LogP contribution in [0, 0.1) is 0 Å². The van der Waals surface area contributed by atoms with Crippen molar-refractivity contribution in [3.8, 4) is 5.75 Å². The van der Waals surface area contributed by atoms with Gasteiger partial charge >= 0.3 is 0 Å². The normalized spacial score (nSPS) is 21.4. The van der Waals surface area contributed by atoms with Gasteiger partial charge in [0.15, 0.2) is 5.78 Å². The Kier molecular flexibility index (Phi) is 2.50. The zero-order valence-corrected chi connectivity index (χ0v) is 7.86. The predicted molar refractivity (Wildman–Crippen MR) is 53.2 cm³/mol. The number of aromatic hydroxyl groups is 1. The largest absolute Gasteiger partial charge is 0.508 e. The zero-order chi connectivity index (χ0) is 9.97. The summed E-state index contributed by atoms with van der Waals surface area (Å²) in [5.41, 5.74) is 0.834. The lowest BCUT2D eigenvalue weighted by Gasteiger charge is -2.09. The van der Waals surface area contributed by atoms with Crippen LogP contribution in [0.3, 0.4) is 0 Å². The van der Waals surface area contributed by atoms with Gasteiger partial charge in [0.1, 0.15) is 5.75 Å². The fraction of sp³-hybridized carbons (Fsp3) is 0.364. The van der Waals surface area contributed by atoms with Crippen molar-refractivity contribution in [2.45, 2.75) is 18.9 Å². The van der Waals surface area contributed by atoms with Gasteiger partial charge in [0.2, 0.25) is 0 Å². The third-order valence-electron chi connectivity index (χ3n) is 2.57. The molecule has 0 amide bonds. The van der Waals surface area contributed by atoms with Crippen molar-refractivity contribution in [3.63, 3.8) is 0 Å². The molecule has 1 unspecified atom stereocenters. The quantitative estimate of drug-likeness (QED) is 0.729. The second kappa shape index (κ2) is 3.80. The van der Waals surface area contributed by atoms with E-state index >= 15 is 0 Å². The summed E-state index contributed by atoms with van der Waals surface area (Å²) in [6, 6.07) is 7.04. The molecule has 1 aromatic carbocycles. The zero-order valence-electron chi connectivity index (χ0n) is 7.86. The molecular weight excluding hydrogens is 178 g/mol. The Morgan fingerprint density at radius 2 is 2.21 bits per heavy atom. The molecule has 2 N–H and O–H groups in total. The molecule has 3 nitrogen and oxygen atoms in total. The Balaban J connectivity index is 2.10. The molecule has 1 aliphatic heterocycles. The van der Waals surface area contributed by atoms with Crippen molar-refractivity contribution >= 4 is 5.78 Å². The van der Waals surface area contributed by atoms with Gasteiger partial charge in [-0.25, -0.2) is 0 Å². The molecule has 3 heteroatoms. The van der Waals surface area contributed by atoms with Crippen molar-refractivity contribution in [2.24, 2.45) is 0 Å². The van der Waals surface area contributed by atoms with Crippen LogP contribution in [0.1, 0.15) is 12.0 Å². The number of benzene rings is 1. The van der Waals surface area contributed by atoms with Crippen LogP contribution in [-0.4, -0.2) is 23.5 Å². The van der Waals surface area contributed by atoms with Crippen molar-refractivity contribution in [2.75, 3.05) is 6.54 Å². The van der Waals surface area contributed by atoms with E-state index in [9.17, 15) is 9.90 Å². The van der Waals surface area contributed by atoms with E-state index in [0.29, 0.717) is 12.8 Å². The highest BCUT2D eigenvalue weighted by atomic mass is 16.3. The third kappa shape index (κ3) is 1.77. The number of hydrogen-bond acceptors (Lipinski definition) is 3. The molecule has 14 heavy (non-hydrogen) atoms. The first-order valence-electron chi connectivity index (χ1n) is 4.80.